The number of nitrogens with zero attached hydrogens (tertiary/aromatic N) is 2. The van der Waals surface area contributed by atoms with Gasteiger partial charge < -0.3 is 15.8 Å². The van der Waals surface area contributed by atoms with Crippen molar-refractivity contribution in [2.45, 2.75) is 0 Å². The molecule has 0 atom stereocenters. The lowest BCUT2D eigenvalue weighted by Gasteiger charge is -2.11. The Labute approximate surface area is 144 Å². The minimum absolute atomic E-state index is 0.150. The Morgan fingerprint density at radius 2 is 1.92 bits per heavy atom. The SMILES string of the molecule is N#Cc1c(-c2ccc3[nH]ccc3c2)cc(-c2cccc(O)c2)nc1N. The summed E-state index contributed by atoms with van der Waals surface area (Å²) in [5.41, 5.74) is 10.4. The predicted octanol–water partition coefficient (Wildman–Crippen LogP) is 4.06. The molecule has 0 aliphatic heterocycles. The Kier molecular flexibility index (Phi) is 3.37. The van der Waals surface area contributed by atoms with E-state index in [9.17, 15) is 10.4 Å². The van der Waals surface area contributed by atoms with Gasteiger partial charge in [0, 0.05) is 22.8 Å². The van der Waals surface area contributed by atoms with Crippen LogP contribution in [0.5, 0.6) is 5.75 Å². The molecule has 25 heavy (non-hydrogen) atoms. The maximum atomic E-state index is 9.71. The van der Waals surface area contributed by atoms with Crippen LogP contribution in [0.25, 0.3) is 33.3 Å². The molecular formula is C20H14N4O. The Hall–Kier alpha value is -3.78. The predicted molar refractivity (Wildman–Crippen MR) is 97.8 cm³/mol. The number of hydrogen-bond acceptors (Lipinski definition) is 4. The summed E-state index contributed by atoms with van der Waals surface area (Å²) in [6.07, 6.45) is 1.87. The van der Waals surface area contributed by atoms with Gasteiger partial charge in [0.1, 0.15) is 23.2 Å². The zero-order valence-electron chi connectivity index (χ0n) is 13.2. The van der Waals surface area contributed by atoms with Crippen molar-refractivity contribution in [3.63, 3.8) is 0 Å². The number of aromatic nitrogens is 2. The van der Waals surface area contributed by atoms with Crippen molar-refractivity contribution in [3.05, 3.63) is 66.4 Å². The maximum absolute atomic E-state index is 9.71. The highest BCUT2D eigenvalue weighted by atomic mass is 16.3. The van der Waals surface area contributed by atoms with Gasteiger partial charge in [0.2, 0.25) is 0 Å². The molecule has 2 aromatic heterocycles. The monoisotopic (exact) mass is 326 g/mol. The Morgan fingerprint density at radius 3 is 2.72 bits per heavy atom. The second kappa shape index (κ2) is 5.69. The molecule has 120 valence electrons. The maximum Gasteiger partial charge on any atom is 0.142 e. The number of phenolic OH excluding ortho intramolecular Hbond substituents is 1. The molecule has 0 saturated heterocycles. The molecule has 0 unspecified atom stereocenters. The van der Waals surface area contributed by atoms with Gasteiger partial charge in [-0.05, 0) is 47.3 Å². The van der Waals surface area contributed by atoms with E-state index in [1.807, 2.05) is 42.6 Å². The van der Waals surface area contributed by atoms with E-state index in [1.54, 1.807) is 18.2 Å². The number of anilines is 1. The van der Waals surface area contributed by atoms with Gasteiger partial charge >= 0.3 is 0 Å². The first-order chi connectivity index (χ1) is 12.2. The van der Waals surface area contributed by atoms with Crippen LogP contribution in [0.1, 0.15) is 5.56 Å². The molecule has 4 N–H and O–H groups in total. The van der Waals surface area contributed by atoms with Crippen molar-refractivity contribution in [3.8, 4) is 34.2 Å². The van der Waals surface area contributed by atoms with E-state index in [2.05, 4.69) is 16.0 Å². The molecule has 0 bridgehead atoms. The van der Waals surface area contributed by atoms with Crippen molar-refractivity contribution in [1.29, 1.82) is 5.26 Å². The zero-order valence-corrected chi connectivity index (χ0v) is 13.2. The largest absolute Gasteiger partial charge is 0.508 e. The summed E-state index contributed by atoms with van der Waals surface area (Å²) < 4.78 is 0. The van der Waals surface area contributed by atoms with Gasteiger partial charge in [-0.15, -0.1) is 0 Å². The van der Waals surface area contributed by atoms with Gasteiger partial charge in [0.15, 0.2) is 0 Å². The number of rotatable bonds is 2. The molecule has 0 amide bonds. The average Bonchev–Trinajstić information content (AvgIpc) is 3.08. The van der Waals surface area contributed by atoms with Gasteiger partial charge in [-0.1, -0.05) is 18.2 Å². The lowest BCUT2D eigenvalue weighted by atomic mass is 9.97. The molecule has 2 heterocycles. The van der Waals surface area contributed by atoms with Crippen LogP contribution in [-0.2, 0) is 0 Å². The third kappa shape index (κ3) is 2.56. The van der Waals surface area contributed by atoms with Gasteiger partial charge in [-0.25, -0.2) is 4.98 Å². The van der Waals surface area contributed by atoms with Crippen molar-refractivity contribution in [2.24, 2.45) is 0 Å². The van der Waals surface area contributed by atoms with E-state index in [-0.39, 0.29) is 11.6 Å². The van der Waals surface area contributed by atoms with Gasteiger partial charge in [-0.3, -0.25) is 0 Å². The number of H-pyrrole nitrogens is 1. The Morgan fingerprint density at radius 1 is 1.04 bits per heavy atom. The van der Waals surface area contributed by atoms with E-state index in [0.29, 0.717) is 11.3 Å². The van der Waals surface area contributed by atoms with Crippen LogP contribution in [0.3, 0.4) is 0 Å². The molecule has 4 aromatic rings. The summed E-state index contributed by atoms with van der Waals surface area (Å²) in [7, 11) is 0. The number of phenols is 1. The van der Waals surface area contributed by atoms with E-state index in [0.717, 1.165) is 27.6 Å². The number of nitriles is 1. The summed E-state index contributed by atoms with van der Waals surface area (Å²) in [6.45, 7) is 0. The number of benzene rings is 2. The Bertz CT molecular complexity index is 1140. The molecule has 0 aliphatic carbocycles. The van der Waals surface area contributed by atoms with E-state index >= 15 is 0 Å². The van der Waals surface area contributed by atoms with E-state index in [1.165, 1.54) is 0 Å². The third-order valence-electron chi connectivity index (χ3n) is 4.17. The average molecular weight is 326 g/mol. The lowest BCUT2D eigenvalue weighted by Crippen LogP contribution is -1.99. The molecule has 4 rings (SSSR count). The van der Waals surface area contributed by atoms with Crippen molar-refractivity contribution in [1.82, 2.24) is 9.97 Å². The highest BCUT2D eigenvalue weighted by Crippen LogP contribution is 2.33. The second-order valence-corrected chi connectivity index (χ2v) is 5.76. The zero-order chi connectivity index (χ0) is 17.4. The second-order valence-electron chi connectivity index (χ2n) is 5.76. The number of hydrogen-bond donors (Lipinski definition) is 3. The summed E-state index contributed by atoms with van der Waals surface area (Å²) in [5.74, 6) is 0.324. The molecule has 0 aliphatic rings. The highest BCUT2D eigenvalue weighted by Gasteiger charge is 2.14. The molecular weight excluding hydrogens is 312 g/mol. The highest BCUT2D eigenvalue weighted by molar-refractivity contribution is 5.88. The van der Waals surface area contributed by atoms with Crippen LogP contribution in [0, 0.1) is 11.3 Å². The van der Waals surface area contributed by atoms with Crippen LogP contribution in [-0.4, -0.2) is 15.1 Å². The van der Waals surface area contributed by atoms with E-state index < -0.39 is 0 Å². The molecule has 0 spiro atoms. The van der Waals surface area contributed by atoms with Gasteiger partial charge in [0.25, 0.3) is 0 Å². The number of aromatic hydroxyl groups is 1. The minimum atomic E-state index is 0.150. The molecule has 5 nitrogen and oxygen atoms in total. The fourth-order valence-electron chi connectivity index (χ4n) is 2.94. The molecule has 0 radical (unpaired) electrons. The van der Waals surface area contributed by atoms with Crippen molar-refractivity contribution in [2.75, 3.05) is 5.73 Å². The molecule has 2 aromatic carbocycles. The van der Waals surface area contributed by atoms with Crippen LogP contribution in [0.15, 0.2) is 60.8 Å². The number of aromatic amines is 1. The smallest absolute Gasteiger partial charge is 0.142 e. The third-order valence-corrected chi connectivity index (χ3v) is 4.17. The van der Waals surface area contributed by atoms with E-state index in [4.69, 9.17) is 5.73 Å². The van der Waals surface area contributed by atoms with Crippen LogP contribution in [0.2, 0.25) is 0 Å². The summed E-state index contributed by atoms with van der Waals surface area (Å²) >= 11 is 0. The van der Waals surface area contributed by atoms with Crippen molar-refractivity contribution >= 4 is 16.7 Å². The first kappa shape index (κ1) is 14.8. The summed E-state index contributed by atoms with van der Waals surface area (Å²) in [6, 6.07) is 18.7. The number of nitrogens with one attached hydrogen (secondary N) is 1. The fraction of sp³-hybridized carbons (Fsp3) is 0. The normalized spacial score (nSPS) is 10.7. The summed E-state index contributed by atoms with van der Waals surface area (Å²) in [5, 5.41) is 20.3. The fourth-order valence-corrected chi connectivity index (χ4v) is 2.94. The number of pyridine rings is 1. The van der Waals surface area contributed by atoms with Crippen molar-refractivity contribution < 1.29 is 5.11 Å². The molecule has 0 saturated carbocycles. The number of nitrogen functional groups attached to an aromatic ring is 1. The number of nitrogens with two attached hydrogens (primary N) is 1. The number of fused-ring (bicyclic) bond motifs is 1. The topological polar surface area (TPSA) is 98.7 Å². The van der Waals surface area contributed by atoms with Gasteiger partial charge in [-0.2, -0.15) is 5.26 Å². The molecule has 0 fully saturated rings. The van der Waals surface area contributed by atoms with Crippen LogP contribution >= 0.6 is 0 Å². The standard InChI is InChI=1S/C20H14N4O/c21-11-17-16(12-4-5-18-14(8-12)6-7-23-18)10-19(24-20(17)22)13-2-1-3-15(25)9-13/h1-10,23,25H,(H2,22,24). The summed E-state index contributed by atoms with van der Waals surface area (Å²) in [4.78, 5) is 7.48. The first-order valence-electron chi connectivity index (χ1n) is 7.73. The van der Waals surface area contributed by atoms with Gasteiger partial charge in [0.05, 0.1) is 5.69 Å². The minimum Gasteiger partial charge on any atom is -0.508 e. The first-order valence-corrected chi connectivity index (χ1v) is 7.73. The van der Waals surface area contributed by atoms with Crippen LogP contribution in [0.4, 0.5) is 5.82 Å². The quantitative estimate of drug-likeness (QED) is 0.517. The Balaban J connectivity index is 1.95. The van der Waals surface area contributed by atoms with Crippen LogP contribution < -0.4 is 5.73 Å². The lowest BCUT2D eigenvalue weighted by molar-refractivity contribution is 0.475. The molecule has 5 heteroatoms.